The van der Waals surface area contributed by atoms with Gasteiger partial charge in [-0.1, -0.05) is 44.2 Å². The fraction of sp³-hybridized carbons (Fsp3) is 0.467. The van der Waals surface area contributed by atoms with Crippen LogP contribution in [0.4, 0.5) is 0 Å². The number of fused-ring (bicyclic) bond motifs is 1. The van der Waals surface area contributed by atoms with Crippen molar-refractivity contribution in [1.29, 1.82) is 0 Å². The number of hydrogen-bond donors (Lipinski definition) is 0. The molecule has 1 aliphatic rings. The maximum atomic E-state index is 4.18. The number of benzene rings is 1. The Morgan fingerprint density at radius 2 is 2.07 bits per heavy atom. The smallest absolute Gasteiger partial charge is 0.0130 e. The molecule has 0 spiro atoms. The van der Waals surface area contributed by atoms with Gasteiger partial charge < -0.3 is 0 Å². The average Bonchev–Trinajstić information content (AvgIpc) is 2.17. The van der Waals surface area contributed by atoms with Crippen LogP contribution in [0.3, 0.4) is 0 Å². The van der Waals surface area contributed by atoms with Crippen molar-refractivity contribution in [2.24, 2.45) is 5.92 Å². The molecule has 0 heteroatoms. The highest BCUT2D eigenvalue weighted by Gasteiger charge is 2.24. The van der Waals surface area contributed by atoms with Crippen molar-refractivity contribution in [1.82, 2.24) is 0 Å². The van der Waals surface area contributed by atoms with Crippen molar-refractivity contribution in [3.63, 3.8) is 0 Å². The third-order valence-electron chi connectivity index (χ3n) is 3.55. The lowest BCUT2D eigenvalue weighted by atomic mass is 9.75. The number of hydrogen-bond acceptors (Lipinski definition) is 0. The maximum absolute atomic E-state index is 4.18. The molecule has 0 nitrogen and oxygen atoms in total. The van der Waals surface area contributed by atoms with Crippen molar-refractivity contribution < 1.29 is 0 Å². The Hall–Kier alpha value is -1.04. The molecule has 0 radical (unpaired) electrons. The van der Waals surface area contributed by atoms with E-state index in [4.69, 9.17) is 0 Å². The molecule has 1 aromatic rings. The van der Waals surface area contributed by atoms with Gasteiger partial charge in [0.05, 0.1) is 0 Å². The second-order valence-corrected chi connectivity index (χ2v) is 5.08. The standard InChI is InChI=1S/C15H20/c1-10(2)13-8-6-12(4)14-7-5-11(3)9-15(13)14/h5,7,9-10,13H,4,6,8H2,1-3H3. The molecule has 0 heterocycles. The van der Waals surface area contributed by atoms with E-state index < -0.39 is 0 Å². The highest BCUT2D eigenvalue weighted by molar-refractivity contribution is 5.69. The van der Waals surface area contributed by atoms with Gasteiger partial charge in [0.2, 0.25) is 0 Å². The van der Waals surface area contributed by atoms with Gasteiger partial charge in [0.15, 0.2) is 0 Å². The largest absolute Gasteiger partial charge is 0.0952 e. The van der Waals surface area contributed by atoms with Gasteiger partial charge in [0, 0.05) is 0 Å². The number of aryl methyl sites for hydroxylation is 1. The van der Waals surface area contributed by atoms with Crippen LogP contribution in [0, 0.1) is 12.8 Å². The zero-order valence-corrected chi connectivity index (χ0v) is 10.0. The molecule has 2 rings (SSSR count). The Kier molecular flexibility index (Phi) is 2.68. The van der Waals surface area contributed by atoms with Crippen LogP contribution in [0.25, 0.3) is 5.57 Å². The summed E-state index contributed by atoms with van der Waals surface area (Å²) in [7, 11) is 0. The zero-order chi connectivity index (χ0) is 11.0. The lowest BCUT2D eigenvalue weighted by molar-refractivity contribution is 0.464. The van der Waals surface area contributed by atoms with E-state index in [9.17, 15) is 0 Å². The van der Waals surface area contributed by atoms with Crippen LogP contribution in [0.1, 0.15) is 49.3 Å². The minimum absolute atomic E-state index is 0.727. The van der Waals surface area contributed by atoms with E-state index in [0.717, 1.165) is 11.8 Å². The molecule has 0 amide bonds. The summed E-state index contributed by atoms with van der Waals surface area (Å²) in [5, 5.41) is 0. The van der Waals surface area contributed by atoms with Crippen LogP contribution in [0.2, 0.25) is 0 Å². The van der Waals surface area contributed by atoms with Crippen LogP contribution in [0.5, 0.6) is 0 Å². The Morgan fingerprint density at radius 3 is 2.73 bits per heavy atom. The topological polar surface area (TPSA) is 0 Å². The van der Waals surface area contributed by atoms with Gasteiger partial charge in [0.25, 0.3) is 0 Å². The molecular formula is C15H20. The maximum Gasteiger partial charge on any atom is -0.0130 e. The minimum Gasteiger partial charge on any atom is -0.0952 e. The second kappa shape index (κ2) is 3.84. The molecule has 0 aliphatic heterocycles. The molecule has 0 saturated carbocycles. The van der Waals surface area contributed by atoms with E-state index in [2.05, 4.69) is 45.5 Å². The average molecular weight is 200 g/mol. The van der Waals surface area contributed by atoms with Gasteiger partial charge in [-0.25, -0.2) is 0 Å². The van der Waals surface area contributed by atoms with E-state index in [1.165, 1.54) is 35.1 Å². The molecule has 0 fully saturated rings. The van der Waals surface area contributed by atoms with E-state index in [0.29, 0.717) is 0 Å². The summed E-state index contributed by atoms with van der Waals surface area (Å²) < 4.78 is 0. The number of allylic oxidation sites excluding steroid dienone is 1. The fourth-order valence-electron chi connectivity index (χ4n) is 2.62. The molecule has 0 aromatic heterocycles. The predicted octanol–water partition coefficient (Wildman–Crippen LogP) is 4.54. The molecule has 1 aromatic carbocycles. The van der Waals surface area contributed by atoms with Crippen LogP contribution in [-0.2, 0) is 0 Å². The van der Waals surface area contributed by atoms with Gasteiger partial charge in [-0.15, -0.1) is 0 Å². The molecule has 0 saturated heterocycles. The second-order valence-electron chi connectivity index (χ2n) is 5.08. The normalized spacial score (nSPS) is 20.5. The third-order valence-corrected chi connectivity index (χ3v) is 3.55. The molecule has 0 N–H and O–H groups in total. The van der Waals surface area contributed by atoms with E-state index >= 15 is 0 Å². The molecule has 1 atom stereocenters. The van der Waals surface area contributed by atoms with Gasteiger partial charge in [0.1, 0.15) is 0 Å². The first kappa shape index (κ1) is 10.5. The fourth-order valence-corrected chi connectivity index (χ4v) is 2.62. The Labute approximate surface area is 93.0 Å². The van der Waals surface area contributed by atoms with E-state index in [-0.39, 0.29) is 0 Å². The Bertz CT molecular complexity index is 385. The molecule has 0 bridgehead atoms. The summed E-state index contributed by atoms with van der Waals surface area (Å²) in [5.74, 6) is 1.46. The Balaban J connectivity index is 2.51. The quantitative estimate of drug-likeness (QED) is 0.624. The first-order valence-corrected chi connectivity index (χ1v) is 5.88. The van der Waals surface area contributed by atoms with Crippen molar-refractivity contribution in [2.45, 2.75) is 39.5 Å². The van der Waals surface area contributed by atoms with E-state index in [1.54, 1.807) is 0 Å². The van der Waals surface area contributed by atoms with Crippen LogP contribution in [-0.4, -0.2) is 0 Å². The molecule has 80 valence electrons. The van der Waals surface area contributed by atoms with Gasteiger partial charge in [-0.05, 0) is 48.3 Å². The van der Waals surface area contributed by atoms with Crippen LogP contribution >= 0.6 is 0 Å². The molecular weight excluding hydrogens is 180 g/mol. The van der Waals surface area contributed by atoms with Gasteiger partial charge in [-0.2, -0.15) is 0 Å². The minimum atomic E-state index is 0.727. The van der Waals surface area contributed by atoms with Crippen molar-refractivity contribution >= 4 is 5.57 Å². The predicted molar refractivity (Wildman–Crippen MR) is 67.0 cm³/mol. The first-order chi connectivity index (χ1) is 7.09. The Morgan fingerprint density at radius 1 is 1.33 bits per heavy atom. The van der Waals surface area contributed by atoms with Crippen LogP contribution in [0.15, 0.2) is 24.8 Å². The highest BCUT2D eigenvalue weighted by atomic mass is 14.3. The van der Waals surface area contributed by atoms with Gasteiger partial charge in [-0.3, -0.25) is 0 Å². The van der Waals surface area contributed by atoms with Gasteiger partial charge >= 0.3 is 0 Å². The summed E-state index contributed by atoms with van der Waals surface area (Å²) in [5.41, 5.74) is 5.63. The summed E-state index contributed by atoms with van der Waals surface area (Å²) in [6, 6.07) is 6.80. The zero-order valence-electron chi connectivity index (χ0n) is 10.0. The highest BCUT2D eigenvalue weighted by Crippen LogP contribution is 2.41. The third kappa shape index (κ3) is 1.86. The lowest BCUT2D eigenvalue weighted by Gasteiger charge is -2.30. The SMILES string of the molecule is C=C1CCC(C(C)C)c2cc(C)ccc21. The summed E-state index contributed by atoms with van der Waals surface area (Å²) in [4.78, 5) is 0. The molecule has 1 unspecified atom stereocenters. The molecule has 15 heavy (non-hydrogen) atoms. The lowest BCUT2D eigenvalue weighted by Crippen LogP contribution is -2.14. The van der Waals surface area contributed by atoms with E-state index in [1.807, 2.05) is 0 Å². The first-order valence-electron chi connectivity index (χ1n) is 5.88. The van der Waals surface area contributed by atoms with Crippen molar-refractivity contribution in [3.8, 4) is 0 Å². The number of rotatable bonds is 1. The summed E-state index contributed by atoms with van der Waals surface area (Å²) in [6.07, 6.45) is 2.44. The molecule has 1 aliphatic carbocycles. The van der Waals surface area contributed by atoms with Crippen LogP contribution < -0.4 is 0 Å². The van der Waals surface area contributed by atoms with Crippen molar-refractivity contribution in [3.05, 3.63) is 41.5 Å². The van der Waals surface area contributed by atoms with Crippen molar-refractivity contribution in [2.75, 3.05) is 0 Å². The summed E-state index contributed by atoms with van der Waals surface area (Å²) in [6.45, 7) is 11.0. The summed E-state index contributed by atoms with van der Waals surface area (Å²) >= 11 is 0. The monoisotopic (exact) mass is 200 g/mol.